The molecule has 8 nitrogen and oxygen atoms in total. The second-order valence-electron chi connectivity index (χ2n) is 14.5. The van der Waals surface area contributed by atoms with E-state index in [0.717, 1.165) is 68.9 Å². The molecule has 2 aliphatic heterocycles. The molecule has 0 saturated carbocycles. The fraction of sp³-hybridized carbons (Fsp3) is 0.447. The molecule has 7 rings (SSSR count). The topological polar surface area (TPSA) is 83.7 Å². The van der Waals surface area contributed by atoms with E-state index in [4.69, 9.17) is 26.4 Å². The Morgan fingerprint density at radius 3 is 2.38 bits per heavy atom. The first kappa shape index (κ1) is 33.2. The van der Waals surface area contributed by atoms with Crippen LogP contribution in [-0.2, 0) is 16.6 Å². The molecule has 2 aliphatic rings. The van der Waals surface area contributed by atoms with Crippen LogP contribution in [0.15, 0.2) is 48.5 Å². The van der Waals surface area contributed by atoms with E-state index in [9.17, 15) is 9.90 Å². The van der Waals surface area contributed by atoms with Gasteiger partial charge in [-0.2, -0.15) is 5.10 Å². The Morgan fingerprint density at radius 2 is 1.75 bits per heavy atom. The smallest absolute Gasteiger partial charge is 0.337 e. The summed E-state index contributed by atoms with van der Waals surface area (Å²) in [6.07, 6.45) is 2.38. The molecule has 2 aromatic heterocycles. The van der Waals surface area contributed by atoms with Crippen LogP contribution in [0.25, 0.3) is 42.8 Å². The number of carboxylic acids is 1. The van der Waals surface area contributed by atoms with E-state index < -0.39 is 17.7 Å². The summed E-state index contributed by atoms with van der Waals surface area (Å²) in [5.74, 6) is -0.602. The van der Waals surface area contributed by atoms with Crippen molar-refractivity contribution in [1.29, 1.82) is 0 Å². The van der Waals surface area contributed by atoms with Gasteiger partial charge in [0.1, 0.15) is 5.01 Å². The third kappa shape index (κ3) is 6.39. The average molecular weight is 686 g/mol. The number of fused-ring (bicyclic) bond motifs is 2. The van der Waals surface area contributed by atoms with Crippen LogP contribution in [-0.4, -0.2) is 80.5 Å². The number of thiazole rings is 1. The zero-order chi connectivity index (χ0) is 33.9. The number of likely N-dealkylation sites (N-methyl/N-ethyl adjacent to an activating group) is 1. The molecule has 0 spiro atoms. The first-order valence-electron chi connectivity index (χ1n) is 16.9. The number of halogens is 1. The zero-order valence-electron chi connectivity index (χ0n) is 28.6. The minimum absolute atomic E-state index is 0.423. The van der Waals surface area contributed by atoms with Gasteiger partial charge in [-0.3, -0.25) is 4.68 Å². The van der Waals surface area contributed by atoms with Crippen LogP contribution >= 0.6 is 22.9 Å². The van der Waals surface area contributed by atoms with Gasteiger partial charge in [0.15, 0.2) is 6.10 Å². The molecule has 0 radical (unpaired) electrons. The third-order valence-electron chi connectivity index (χ3n) is 10.0. The number of benzene rings is 3. The summed E-state index contributed by atoms with van der Waals surface area (Å²) in [5.41, 5.74) is 6.66. The average Bonchev–Trinajstić information content (AvgIpc) is 3.62. The summed E-state index contributed by atoms with van der Waals surface area (Å²) in [5, 5.41) is 18.2. The van der Waals surface area contributed by atoms with E-state index in [2.05, 4.69) is 35.0 Å². The monoisotopic (exact) mass is 685 g/mol. The number of rotatable bonds is 8. The molecule has 252 valence electrons. The minimum Gasteiger partial charge on any atom is -0.479 e. The van der Waals surface area contributed by atoms with E-state index in [1.807, 2.05) is 69.8 Å². The molecule has 5 aromatic rings. The Bertz CT molecular complexity index is 1990. The Hall–Kier alpha value is -3.34. The maximum absolute atomic E-state index is 12.7. The summed E-state index contributed by atoms with van der Waals surface area (Å²) in [4.78, 5) is 23.0. The quantitative estimate of drug-likeness (QED) is 0.176. The predicted octanol–water partition coefficient (Wildman–Crippen LogP) is 8.30. The van der Waals surface area contributed by atoms with Gasteiger partial charge >= 0.3 is 5.97 Å². The summed E-state index contributed by atoms with van der Waals surface area (Å²) < 4.78 is 9.13. The lowest BCUT2D eigenvalue weighted by Crippen LogP contribution is -2.52. The fourth-order valence-electron chi connectivity index (χ4n) is 7.38. The third-order valence-corrected chi connectivity index (χ3v) is 11.4. The maximum Gasteiger partial charge on any atom is 0.337 e. The number of likely N-dealkylation sites (tertiary alicyclic amines) is 2. The molecule has 2 saturated heterocycles. The van der Waals surface area contributed by atoms with Crippen LogP contribution < -0.4 is 0 Å². The van der Waals surface area contributed by atoms with Crippen LogP contribution in [0.1, 0.15) is 68.9 Å². The minimum atomic E-state index is -1.15. The number of hydrogen-bond acceptors (Lipinski definition) is 7. The maximum atomic E-state index is 12.7. The molecule has 3 aromatic carbocycles. The largest absolute Gasteiger partial charge is 0.479 e. The van der Waals surface area contributed by atoms with E-state index in [1.54, 1.807) is 11.3 Å². The number of hydrogen-bond donors (Lipinski definition) is 1. The number of carboxylic acid groups (broad SMARTS) is 1. The van der Waals surface area contributed by atoms with Crippen molar-refractivity contribution in [3.8, 4) is 21.7 Å². The molecule has 1 N–H and O–H groups in total. The summed E-state index contributed by atoms with van der Waals surface area (Å²) in [6.45, 7) is 12.2. The normalized spacial score (nSPS) is 18.9. The summed E-state index contributed by atoms with van der Waals surface area (Å²) >= 11 is 7.88. The highest BCUT2D eigenvalue weighted by Gasteiger charge is 2.33. The molecule has 0 aliphatic carbocycles. The molecule has 0 amide bonds. The van der Waals surface area contributed by atoms with Gasteiger partial charge in [-0.1, -0.05) is 23.7 Å². The number of aliphatic carboxylic acids is 1. The SMILES string of the molecule is Cc1cc2nc(-c3ccc4c(c3)c(C3CCN(C[C@@H]5CCN5C)CC3)nn4C)sc2c(-c2ccc(Cl)cc2)c1[C@H](OC(C)(C)C)C(=O)O. The van der Waals surface area contributed by atoms with Gasteiger partial charge < -0.3 is 19.6 Å². The molecular weight excluding hydrogens is 642 g/mol. The van der Waals surface area contributed by atoms with Crippen molar-refractivity contribution >= 4 is 50.0 Å². The number of carbonyl (C=O) groups is 1. The first-order valence-corrected chi connectivity index (χ1v) is 18.1. The molecule has 2 atom stereocenters. The van der Waals surface area contributed by atoms with Crippen molar-refractivity contribution in [3.05, 3.63) is 70.4 Å². The number of aryl methyl sites for hydroxylation is 2. The highest BCUT2D eigenvalue weighted by atomic mass is 35.5. The van der Waals surface area contributed by atoms with E-state index in [0.29, 0.717) is 22.5 Å². The molecule has 4 heterocycles. The lowest BCUT2D eigenvalue weighted by atomic mass is 9.90. The van der Waals surface area contributed by atoms with Gasteiger partial charge in [-0.15, -0.1) is 11.3 Å². The second-order valence-corrected chi connectivity index (χ2v) is 16.0. The Kier molecular flexibility index (Phi) is 8.87. The van der Waals surface area contributed by atoms with E-state index in [1.165, 1.54) is 30.6 Å². The highest BCUT2D eigenvalue weighted by molar-refractivity contribution is 7.22. The summed E-state index contributed by atoms with van der Waals surface area (Å²) in [7, 11) is 4.27. The van der Waals surface area contributed by atoms with Crippen molar-refractivity contribution in [2.24, 2.45) is 7.05 Å². The van der Waals surface area contributed by atoms with Gasteiger partial charge in [0, 0.05) is 52.7 Å². The lowest BCUT2D eigenvalue weighted by Gasteiger charge is -2.42. The molecule has 0 unspecified atom stereocenters. The van der Waals surface area contributed by atoms with Gasteiger partial charge in [0.2, 0.25) is 0 Å². The predicted molar refractivity (Wildman–Crippen MR) is 195 cm³/mol. The Balaban J connectivity index is 1.28. The molecule has 10 heteroatoms. The highest BCUT2D eigenvalue weighted by Crippen LogP contribution is 2.45. The first-order chi connectivity index (χ1) is 22.9. The fourth-order valence-corrected chi connectivity index (χ4v) is 8.62. The van der Waals surface area contributed by atoms with Crippen molar-refractivity contribution in [1.82, 2.24) is 24.6 Å². The van der Waals surface area contributed by atoms with Crippen LogP contribution in [0.4, 0.5) is 0 Å². The Labute approximate surface area is 291 Å². The van der Waals surface area contributed by atoms with Gasteiger partial charge in [0.05, 0.1) is 27.0 Å². The molecule has 48 heavy (non-hydrogen) atoms. The summed E-state index contributed by atoms with van der Waals surface area (Å²) in [6, 6.07) is 16.8. The van der Waals surface area contributed by atoms with Gasteiger partial charge in [-0.05, 0) is 121 Å². The number of aromatic nitrogens is 3. The van der Waals surface area contributed by atoms with Crippen LogP contribution in [0.2, 0.25) is 5.02 Å². The number of piperidine rings is 1. The lowest BCUT2D eigenvalue weighted by molar-refractivity contribution is -0.160. The van der Waals surface area contributed by atoms with Crippen molar-refractivity contribution in [2.45, 2.75) is 70.6 Å². The standard InChI is InChI=1S/C38H44ClN5O3S/c1-22-19-29-35(32(23-7-10-26(39)11-8-23)31(22)34(37(45)46)47-38(2,3)4)48-36(40-29)25-9-12-30-28(20-25)33(41-43(30)6)24-13-17-44(18-14-24)21-27-15-16-42(27)5/h7-12,19-20,24,27,34H,13-18,21H2,1-6H3,(H,45,46)/t27-,34-/m0/s1. The molecular formula is C38H44ClN5O3S. The second kappa shape index (κ2) is 12.8. The van der Waals surface area contributed by atoms with Crippen LogP contribution in [0, 0.1) is 6.92 Å². The van der Waals surface area contributed by atoms with Crippen molar-refractivity contribution in [2.75, 3.05) is 33.2 Å². The number of nitrogens with zero attached hydrogens (tertiary/aromatic N) is 5. The van der Waals surface area contributed by atoms with Crippen molar-refractivity contribution in [3.63, 3.8) is 0 Å². The van der Waals surface area contributed by atoms with E-state index in [-0.39, 0.29) is 0 Å². The Morgan fingerprint density at radius 1 is 1.04 bits per heavy atom. The van der Waals surface area contributed by atoms with Crippen LogP contribution in [0.3, 0.4) is 0 Å². The van der Waals surface area contributed by atoms with Crippen molar-refractivity contribution < 1.29 is 14.6 Å². The van der Waals surface area contributed by atoms with E-state index >= 15 is 0 Å². The van der Waals surface area contributed by atoms with Gasteiger partial charge in [0.25, 0.3) is 0 Å². The van der Waals surface area contributed by atoms with Gasteiger partial charge in [-0.25, -0.2) is 9.78 Å². The van der Waals surface area contributed by atoms with Crippen LogP contribution in [0.5, 0.6) is 0 Å². The molecule has 0 bridgehead atoms. The zero-order valence-corrected chi connectivity index (χ0v) is 30.2. The number of ether oxygens (including phenoxy) is 1. The molecule has 2 fully saturated rings.